The molecule has 0 saturated heterocycles. The van der Waals surface area contributed by atoms with Crippen LogP contribution in [0.5, 0.6) is 5.75 Å². The second-order valence-electron chi connectivity index (χ2n) is 4.71. The summed E-state index contributed by atoms with van der Waals surface area (Å²) in [6.45, 7) is 0. The number of ether oxygens (including phenoxy) is 1. The van der Waals surface area contributed by atoms with Gasteiger partial charge in [-0.3, -0.25) is 0 Å². The number of benzene rings is 2. The van der Waals surface area contributed by atoms with Crippen LogP contribution in [0, 0.1) is 0 Å². The fraction of sp³-hybridized carbons (Fsp3) is 0.176. The van der Waals surface area contributed by atoms with E-state index >= 15 is 0 Å². The van der Waals surface area contributed by atoms with Gasteiger partial charge in [-0.1, -0.05) is 30.3 Å². The smallest absolute Gasteiger partial charge is 0.122 e. The molecule has 3 aromatic rings. The summed E-state index contributed by atoms with van der Waals surface area (Å²) in [7, 11) is 1.73. The van der Waals surface area contributed by atoms with E-state index in [-0.39, 0.29) is 0 Å². The monoisotopic (exact) mass is 251 g/mol. The van der Waals surface area contributed by atoms with Gasteiger partial charge in [-0.25, -0.2) is 0 Å². The Labute approximate surface area is 113 Å². The highest BCUT2D eigenvalue weighted by atomic mass is 16.5. The highest BCUT2D eigenvalue weighted by Crippen LogP contribution is 2.20. The molecule has 1 N–H and O–H groups in total. The molecule has 0 atom stereocenters. The lowest BCUT2D eigenvalue weighted by Gasteiger charge is -2.08. The van der Waals surface area contributed by atoms with Gasteiger partial charge in [-0.2, -0.15) is 0 Å². The summed E-state index contributed by atoms with van der Waals surface area (Å²) >= 11 is 0. The highest BCUT2D eigenvalue weighted by Gasteiger charge is 2.03. The number of H-pyrrole nitrogens is 1. The number of fused-ring (bicyclic) bond motifs is 1. The Morgan fingerprint density at radius 1 is 1.00 bits per heavy atom. The molecule has 2 heteroatoms. The lowest BCUT2D eigenvalue weighted by atomic mass is 10.0. The molecule has 0 unspecified atom stereocenters. The van der Waals surface area contributed by atoms with E-state index in [2.05, 4.69) is 41.4 Å². The summed E-state index contributed by atoms with van der Waals surface area (Å²) in [6, 6.07) is 16.9. The van der Waals surface area contributed by atoms with E-state index in [0.29, 0.717) is 0 Å². The van der Waals surface area contributed by atoms with E-state index in [1.54, 1.807) is 7.11 Å². The van der Waals surface area contributed by atoms with Gasteiger partial charge in [-0.15, -0.1) is 0 Å². The van der Waals surface area contributed by atoms with Crippen LogP contribution >= 0.6 is 0 Å². The number of methoxy groups -OCH3 is 1. The van der Waals surface area contributed by atoms with Crippen LogP contribution in [0.15, 0.2) is 54.7 Å². The number of hydrogen-bond acceptors (Lipinski definition) is 1. The third kappa shape index (κ3) is 2.48. The van der Waals surface area contributed by atoms with E-state index in [4.69, 9.17) is 4.74 Å². The fourth-order valence-corrected chi connectivity index (χ4v) is 2.44. The van der Waals surface area contributed by atoms with Crippen molar-refractivity contribution in [3.8, 4) is 5.75 Å². The lowest BCUT2D eigenvalue weighted by Crippen LogP contribution is -1.95. The maximum Gasteiger partial charge on any atom is 0.122 e. The van der Waals surface area contributed by atoms with Crippen LogP contribution < -0.4 is 4.74 Å². The van der Waals surface area contributed by atoms with Gasteiger partial charge in [0.25, 0.3) is 0 Å². The molecule has 1 heterocycles. The Morgan fingerprint density at radius 3 is 2.79 bits per heavy atom. The number of nitrogens with one attached hydrogen (secondary N) is 1. The molecule has 0 aliphatic heterocycles. The molecule has 2 nitrogen and oxygen atoms in total. The molecule has 96 valence electrons. The maximum absolute atomic E-state index is 5.39. The molecule has 0 spiro atoms. The molecule has 19 heavy (non-hydrogen) atoms. The van der Waals surface area contributed by atoms with Gasteiger partial charge in [0.15, 0.2) is 0 Å². The van der Waals surface area contributed by atoms with Crippen molar-refractivity contribution in [3.63, 3.8) is 0 Å². The zero-order valence-corrected chi connectivity index (χ0v) is 11.0. The van der Waals surface area contributed by atoms with E-state index in [0.717, 1.165) is 18.6 Å². The van der Waals surface area contributed by atoms with Crippen molar-refractivity contribution in [2.75, 3.05) is 7.11 Å². The first-order chi connectivity index (χ1) is 9.36. The summed E-state index contributed by atoms with van der Waals surface area (Å²) in [5, 5.41) is 1.26. The van der Waals surface area contributed by atoms with Crippen molar-refractivity contribution >= 4 is 10.9 Å². The zero-order chi connectivity index (χ0) is 13.1. The summed E-state index contributed by atoms with van der Waals surface area (Å²) in [5.74, 6) is 0.975. The number of para-hydroxylation sites is 1. The number of rotatable bonds is 4. The second-order valence-corrected chi connectivity index (χ2v) is 4.71. The van der Waals surface area contributed by atoms with Crippen LogP contribution in [0.1, 0.15) is 11.1 Å². The first-order valence-electron chi connectivity index (χ1n) is 6.55. The molecule has 1 aromatic heterocycles. The van der Waals surface area contributed by atoms with Gasteiger partial charge >= 0.3 is 0 Å². The third-order valence-corrected chi connectivity index (χ3v) is 3.49. The van der Waals surface area contributed by atoms with Gasteiger partial charge in [0.1, 0.15) is 5.75 Å². The van der Waals surface area contributed by atoms with Crippen LogP contribution in [0.4, 0.5) is 0 Å². The Morgan fingerprint density at radius 2 is 1.89 bits per heavy atom. The minimum Gasteiger partial charge on any atom is -0.496 e. The second kappa shape index (κ2) is 5.19. The van der Waals surface area contributed by atoms with Crippen molar-refractivity contribution < 1.29 is 4.74 Å². The van der Waals surface area contributed by atoms with Crippen molar-refractivity contribution in [1.82, 2.24) is 4.98 Å². The van der Waals surface area contributed by atoms with Crippen molar-refractivity contribution in [2.24, 2.45) is 0 Å². The summed E-state index contributed by atoms with van der Waals surface area (Å²) in [6.07, 6.45) is 4.00. The van der Waals surface area contributed by atoms with Crippen molar-refractivity contribution in [2.45, 2.75) is 12.8 Å². The summed E-state index contributed by atoms with van der Waals surface area (Å²) in [4.78, 5) is 3.26. The molecular formula is C17H17NO. The topological polar surface area (TPSA) is 25.0 Å². The molecule has 0 saturated carbocycles. The predicted octanol–water partition coefficient (Wildman–Crippen LogP) is 3.96. The number of hydrogen-bond donors (Lipinski definition) is 1. The summed E-state index contributed by atoms with van der Waals surface area (Å²) in [5.41, 5.74) is 3.81. The molecule has 0 aliphatic carbocycles. The minimum absolute atomic E-state index is 0.975. The van der Waals surface area contributed by atoms with Crippen LogP contribution in [0.3, 0.4) is 0 Å². The molecular weight excluding hydrogens is 234 g/mol. The van der Waals surface area contributed by atoms with E-state index < -0.39 is 0 Å². The maximum atomic E-state index is 5.39. The third-order valence-electron chi connectivity index (χ3n) is 3.49. The number of aryl methyl sites for hydroxylation is 2. The molecule has 3 rings (SSSR count). The van der Waals surface area contributed by atoms with Crippen molar-refractivity contribution in [3.05, 3.63) is 65.9 Å². The zero-order valence-electron chi connectivity index (χ0n) is 11.0. The molecule has 0 radical (unpaired) electrons. The van der Waals surface area contributed by atoms with Crippen LogP contribution in [-0.2, 0) is 12.8 Å². The molecule has 0 aliphatic rings. The Balaban J connectivity index is 1.78. The van der Waals surface area contributed by atoms with Crippen LogP contribution in [0.25, 0.3) is 10.9 Å². The SMILES string of the molecule is COc1ccccc1CCc1ccc2cc[nH]c2c1. The van der Waals surface area contributed by atoms with Gasteiger partial charge in [0, 0.05) is 11.7 Å². The molecule has 2 aromatic carbocycles. The average Bonchev–Trinajstić information content (AvgIpc) is 2.93. The van der Waals surface area contributed by atoms with E-state index in [1.165, 1.54) is 22.0 Å². The number of aromatic amines is 1. The van der Waals surface area contributed by atoms with Crippen LogP contribution in [-0.4, -0.2) is 12.1 Å². The standard InChI is InChI=1S/C17H17NO/c1-19-17-5-3-2-4-15(17)9-7-13-6-8-14-10-11-18-16(14)12-13/h2-6,8,10-12,18H,7,9H2,1H3. The van der Waals surface area contributed by atoms with Crippen LogP contribution in [0.2, 0.25) is 0 Å². The quantitative estimate of drug-likeness (QED) is 0.746. The fourth-order valence-electron chi connectivity index (χ4n) is 2.44. The lowest BCUT2D eigenvalue weighted by molar-refractivity contribution is 0.409. The van der Waals surface area contributed by atoms with Gasteiger partial charge < -0.3 is 9.72 Å². The van der Waals surface area contributed by atoms with E-state index in [9.17, 15) is 0 Å². The Kier molecular flexibility index (Phi) is 3.23. The number of aromatic nitrogens is 1. The van der Waals surface area contributed by atoms with Gasteiger partial charge in [0.2, 0.25) is 0 Å². The van der Waals surface area contributed by atoms with E-state index in [1.807, 2.05) is 18.3 Å². The van der Waals surface area contributed by atoms with Gasteiger partial charge in [-0.05, 0) is 47.6 Å². The Bertz CT molecular complexity index is 684. The molecule has 0 bridgehead atoms. The first kappa shape index (κ1) is 11.8. The molecule has 0 fully saturated rings. The predicted molar refractivity (Wildman–Crippen MR) is 78.7 cm³/mol. The van der Waals surface area contributed by atoms with Gasteiger partial charge in [0.05, 0.1) is 7.11 Å². The average molecular weight is 251 g/mol. The highest BCUT2D eigenvalue weighted by molar-refractivity contribution is 5.79. The molecule has 0 amide bonds. The largest absolute Gasteiger partial charge is 0.496 e. The van der Waals surface area contributed by atoms with Crippen molar-refractivity contribution in [1.29, 1.82) is 0 Å². The summed E-state index contributed by atoms with van der Waals surface area (Å²) < 4.78 is 5.39. The normalized spacial score (nSPS) is 10.8. The Hall–Kier alpha value is -2.22. The first-order valence-corrected chi connectivity index (χ1v) is 6.55. The minimum atomic E-state index is 0.975.